The predicted octanol–water partition coefficient (Wildman–Crippen LogP) is 5.11. The highest BCUT2D eigenvalue weighted by atomic mass is 16.2. The number of allylic oxidation sites excluding steroid dienone is 4. The quantitative estimate of drug-likeness (QED) is 0.705. The molecule has 1 fully saturated rings. The Kier molecular flexibility index (Phi) is 5.12. The van der Waals surface area contributed by atoms with E-state index in [9.17, 15) is 0 Å². The molecule has 3 unspecified atom stereocenters. The van der Waals surface area contributed by atoms with Crippen LogP contribution in [0.15, 0.2) is 23.3 Å². The van der Waals surface area contributed by atoms with E-state index >= 15 is 0 Å². The molecule has 0 aromatic rings. The van der Waals surface area contributed by atoms with Gasteiger partial charge in [-0.3, -0.25) is 0 Å². The lowest BCUT2D eigenvalue weighted by Gasteiger charge is -2.54. The van der Waals surface area contributed by atoms with Crippen LogP contribution in [0.1, 0.15) is 65.7 Å². The average Bonchev–Trinajstić information content (AvgIpc) is 2.48. The number of fused-ring (bicyclic) bond motifs is 3. The maximum Gasteiger partial charge on any atom is 0.0319 e. The standard InChI is InChI=1S/C18H28.CH4O/c1-4-14-7-9-17-15(12-14)8-10-16-13(2)6-5-11-18(16,17)3;1-2/h8,12-13,16-17H,4-7,9-11H2,1-3H3;2H,1H3/t13?,16?,17?,18-;/m1./s1. The lowest BCUT2D eigenvalue weighted by atomic mass is 9.51. The second-order valence-corrected chi connectivity index (χ2v) is 7.17. The molecule has 3 aliphatic carbocycles. The minimum Gasteiger partial charge on any atom is -0.400 e. The number of rotatable bonds is 1. The lowest BCUT2D eigenvalue weighted by molar-refractivity contribution is 0.0111. The SMILES string of the molecule is CCC1=CC2=CCC3C(C)CCC[C@@]3(C)C2CC1.CO. The van der Waals surface area contributed by atoms with Gasteiger partial charge in [0.15, 0.2) is 0 Å². The summed E-state index contributed by atoms with van der Waals surface area (Å²) in [6.07, 6.45) is 14.9. The maximum absolute atomic E-state index is 7.00. The summed E-state index contributed by atoms with van der Waals surface area (Å²) in [4.78, 5) is 0. The molecule has 1 nitrogen and oxygen atoms in total. The van der Waals surface area contributed by atoms with Crippen LogP contribution in [-0.2, 0) is 0 Å². The minimum absolute atomic E-state index is 0.609. The van der Waals surface area contributed by atoms with Crippen molar-refractivity contribution in [2.45, 2.75) is 65.7 Å². The largest absolute Gasteiger partial charge is 0.400 e. The third kappa shape index (κ3) is 2.62. The van der Waals surface area contributed by atoms with Gasteiger partial charge in [-0.15, -0.1) is 0 Å². The van der Waals surface area contributed by atoms with Crippen LogP contribution < -0.4 is 0 Å². The number of hydrogen-bond acceptors (Lipinski definition) is 1. The highest BCUT2D eigenvalue weighted by Gasteiger charge is 2.48. The van der Waals surface area contributed by atoms with Crippen molar-refractivity contribution < 1.29 is 5.11 Å². The van der Waals surface area contributed by atoms with Gasteiger partial charge in [0.1, 0.15) is 0 Å². The second-order valence-electron chi connectivity index (χ2n) is 7.17. The Labute approximate surface area is 125 Å². The van der Waals surface area contributed by atoms with E-state index in [-0.39, 0.29) is 0 Å². The van der Waals surface area contributed by atoms with Crippen LogP contribution in [0.4, 0.5) is 0 Å². The molecule has 1 saturated carbocycles. The van der Waals surface area contributed by atoms with Gasteiger partial charge in [0, 0.05) is 7.11 Å². The zero-order valence-corrected chi connectivity index (χ0v) is 13.8. The van der Waals surface area contributed by atoms with E-state index in [4.69, 9.17) is 5.11 Å². The Bertz CT molecular complexity index is 393. The topological polar surface area (TPSA) is 20.2 Å². The Morgan fingerprint density at radius 3 is 2.75 bits per heavy atom. The van der Waals surface area contributed by atoms with Gasteiger partial charge in [-0.1, -0.05) is 51.3 Å². The second kappa shape index (κ2) is 6.47. The molecule has 0 aromatic heterocycles. The molecule has 3 aliphatic rings. The molecule has 0 aliphatic heterocycles. The maximum atomic E-state index is 7.00. The summed E-state index contributed by atoms with van der Waals surface area (Å²) in [5.74, 6) is 2.77. The normalized spacial score (nSPS) is 39.5. The molecular weight excluding hydrogens is 244 g/mol. The summed E-state index contributed by atoms with van der Waals surface area (Å²) in [6, 6.07) is 0. The van der Waals surface area contributed by atoms with Gasteiger partial charge >= 0.3 is 0 Å². The van der Waals surface area contributed by atoms with Crippen LogP contribution in [0.2, 0.25) is 0 Å². The summed E-state index contributed by atoms with van der Waals surface area (Å²) in [5, 5.41) is 7.00. The van der Waals surface area contributed by atoms with Crippen LogP contribution >= 0.6 is 0 Å². The Balaban J connectivity index is 0.000000704. The molecule has 0 aromatic carbocycles. The summed E-state index contributed by atoms with van der Waals surface area (Å²) >= 11 is 0. The van der Waals surface area contributed by atoms with Gasteiger partial charge in [0.25, 0.3) is 0 Å². The van der Waals surface area contributed by atoms with Gasteiger partial charge in [-0.25, -0.2) is 0 Å². The van der Waals surface area contributed by atoms with Crippen molar-refractivity contribution in [1.29, 1.82) is 0 Å². The van der Waals surface area contributed by atoms with Crippen LogP contribution in [0.25, 0.3) is 0 Å². The fraction of sp³-hybridized carbons (Fsp3) is 0.789. The van der Waals surface area contributed by atoms with Crippen molar-refractivity contribution in [3.05, 3.63) is 23.3 Å². The smallest absolute Gasteiger partial charge is 0.0319 e. The van der Waals surface area contributed by atoms with Gasteiger partial charge in [0.05, 0.1) is 0 Å². The minimum atomic E-state index is 0.609. The van der Waals surface area contributed by atoms with E-state index in [1.54, 1.807) is 11.1 Å². The Morgan fingerprint density at radius 1 is 1.30 bits per heavy atom. The van der Waals surface area contributed by atoms with E-state index in [0.29, 0.717) is 5.41 Å². The Morgan fingerprint density at radius 2 is 2.05 bits per heavy atom. The fourth-order valence-electron chi connectivity index (χ4n) is 5.13. The first-order valence-corrected chi connectivity index (χ1v) is 8.49. The zero-order valence-electron chi connectivity index (χ0n) is 13.8. The molecular formula is C19H32O. The summed E-state index contributed by atoms with van der Waals surface area (Å²) in [6.45, 7) is 7.41. The number of aliphatic hydroxyl groups is 1. The van der Waals surface area contributed by atoms with E-state index in [0.717, 1.165) is 24.9 Å². The number of hydrogen-bond donors (Lipinski definition) is 1. The molecule has 1 N–H and O–H groups in total. The highest BCUT2D eigenvalue weighted by molar-refractivity contribution is 5.34. The molecule has 0 saturated heterocycles. The molecule has 0 bridgehead atoms. The summed E-state index contributed by atoms with van der Waals surface area (Å²) < 4.78 is 0. The molecule has 0 spiro atoms. The van der Waals surface area contributed by atoms with E-state index in [1.807, 2.05) is 0 Å². The van der Waals surface area contributed by atoms with Gasteiger partial charge < -0.3 is 5.11 Å². The fourth-order valence-corrected chi connectivity index (χ4v) is 5.13. The zero-order chi connectivity index (χ0) is 14.8. The number of aliphatic hydroxyl groups excluding tert-OH is 1. The highest BCUT2D eigenvalue weighted by Crippen LogP contribution is 2.58. The molecule has 0 radical (unpaired) electrons. The van der Waals surface area contributed by atoms with Crippen molar-refractivity contribution in [2.24, 2.45) is 23.2 Å². The first-order chi connectivity index (χ1) is 9.65. The molecule has 4 atom stereocenters. The third-order valence-electron chi connectivity index (χ3n) is 6.29. The van der Waals surface area contributed by atoms with Gasteiger partial charge in [-0.2, -0.15) is 0 Å². The van der Waals surface area contributed by atoms with Crippen LogP contribution in [0.3, 0.4) is 0 Å². The monoisotopic (exact) mass is 276 g/mol. The molecule has 3 rings (SSSR count). The molecule has 114 valence electrons. The summed E-state index contributed by atoms with van der Waals surface area (Å²) in [7, 11) is 1.00. The van der Waals surface area contributed by atoms with Crippen molar-refractivity contribution in [3.63, 3.8) is 0 Å². The van der Waals surface area contributed by atoms with Crippen LogP contribution in [-0.4, -0.2) is 12.2 Å². The Hall–Kier alpha value is -0.560. The summed E-state index contributed by atoms with van der Waals surface area (Å²) in [5.41, 5.74) is 3.99. The average molecular weight is 276 g/mol. The van der Waals surface area contributed by atoms with E-state index in [2.05, 4.69) is 32.9 Å². The third-order valence-corrected chi connectivity index (χ3v) is 6.29. The van der Waals surface area contributed by atoms with Crippen LogP contribution in [0.5, 0.6) is 0 Å². The van der Waals surface area contributed by atoms with Crippen molar-refractivity contribution >= 4 is 0 Å². The lowest BCUT2D eigenvalue weighted by Crippen LogP contribution is -2.45. The van der Waals surface area contributed by atoms with Crippen molar-refractivity contribution in [2.75, 3.05) is 7.11 Å². The van der Waals surface area contributed by atoms with Crippen LogP contribution in [0, 0.1) is 23.2 Å². The molecule has 0 amide bonds. The van der Waals surface area contributed by atoms with Crippen molar-refractivity contribution in [3.8, 4) is 0 Å². The molecule has 20 heavy (non-hydrogen) atoms. The van der Waals surface area contributed by atoms with Crippen molar-refractivity contribution in [1.82, 2.24) is 0 Å². The van der Waals surface area contributed by atoms with E-state index in [1.165, 1.54) is 44.9 Å². The van der Waals surface area contributed by atoms with E-state index < -0.39 is 0 Å². The predicted molar refractivity (Wildman–Crippen MR) is 86.6 cm³/mol. The first-order valence-electron chi connectivity index (χ1n) is 8.49. The molecule has 0 heterocycles. The molecule has 1 heteroatoms. The van der Waals surface area contributed by atoms with Gasteiger partial charge in [-0.05, 0) is 60.8 Å². The first kappa shape index (κ1) is 15.8. The van der Waals surface area contributed by atoms with Gasteiger partial charge in [0.2, 0.25) is 0 Å².